The van der Waals surface area contributed by atoms with Crippen molar-refractivity contribution in [2.45, 2.75) is 12.5 Å². The number of Topliss-reactive ketones (excluding diaryl/α,β-unsaturated/α-hetero) is 1. The van der Waals surface area contributed by atoms with Crippen LogP contribution in [0.4, 0.5) is 0 Å². The lowest BCUT2D eigenvalue weighted by atomic mass is 10.1. The molecule has 1 radical (unpaired) electrons. The molecule has 0 spiro atoms. The fourth-order valence-corrected chi connectivity index (χ4v) is 0.401. The zero-order valence-electron chi connectivity index (χ0n) is 5.26. The molecule has 0 fully saturated rings. The molecule has 0 bridgehead atoms. The minimum atomic E-state index is -0.775. The molecule has 0 aromatic heterocycles. The molecule has 0 rings (SSSR count). The molecule has 0 aliphatic heterocycles. The van der Waals surface area contributed by atoms with Gasteiger partial charge in [0.1, 0.15) is 0 Å². The quantitative estimate of drug-likeness (QED) is 0.515. The van der Waals surface area contributed by atoms with Crippen molar-refractivity contribution >= 4 is 5.78 Å². The Morgan fingerprint density at radius 2 is 2.22 bits per heavy atom. The van der Waals surface area contributed by atoms with Gasteiger partial charge in [-0.25, -0.2) is 5.73 Å². The zero-order chi connectivity index (χ0) is 7.28. The second kappa shape index (κ2) is 4.04. The summed E-state index contributed by atoms with van der Waals surface area (Å²) in [4.78, 5) is 10.6. The van der Waals surface area contributed by atoms with Crippen molar-refractivity contribution < 1.29 is 4.79 Å². The Hall–Kier alpha value is -0.890. The van der Waals surface area contributed by atoms with Gasteiger partial charge < -0.3 is 0 Å². The third-order valence-corrected chi connectivity index (χ3v) is 0.928. The van der Waals surface area contributed by atoms with Crippen LogP contribution in [0.3, 0.4) is 0 Å². The molecule has 2 nitrogen and oxygen atoms in total. The van der Waals surface area contributed by atoms with Gasteiger partial charge >= 0.3 is 0 Å². The van der Waals surface area contributed by atoms with Gasteiger partial charge in [-0.2, -0.15) is 0 Å². The summed E-state index contributed by atoms with van der Waals surface area (Å²) in [6.45, 7) is 6.70. The van der Waals surface area contributed by atoms with E-state index in [9.17, 15) is 4.79 Å². The maximum Gasteiger partial charge on any atom is 0.158 e. The van der Waals surface area contributed by atoms with Gasteiger partial charge in [-0.15, -0.1) is 13.2 Å². The van der Waals surface area contributed by atoms with E-state index in [0.717, 1.165) is 0 Å². The van der Waals surface area contributed by atoms with Crippen LogP contribution in [0.15, 0.2) is 25.3 Å². The molecule has 0 saturated heterocycles. The van der Waals surface area contributed by atoms with E-state index in [1.165, 1.54) is 12.2 Å². The Morgan fingerprint density at radius 3 is 2.56 bits per heavy atom. The average Bonchev–Trinajstić information content (AvgIpc) is 1.87. The number of carbonyl (C=O) groups excluding carboxylic acids is 1. The lowest BCUT2D eigenvalue weighted by Crippen LogP contribution is -2.17. The van der Waals surface area contributed by atoms with Gasteiger partial charge in [-0.05, 0) is 0 Å². The summed E-state index contributed by atoms with van der Waals surface area (Å²) in [5, 5.41) is 0. The number of carbonyl (C=O) groups is 1. The van der Waals surface area contributed by atoms with Gasteiger partial charge in [-0.3, -0.25) is 4.79 Å². The van der Waals surface area contributed by atoms with Gasteiger partial charge in [0.25, 0.3) is 0 Å². The molecule has 0 aromatic carbocycles. The molecule has 2 heteroatoms. The lowest BCUT2D eigenvalue weighted by molar-refractivity contribution is -0.118. The van der Waals surface area contributed by atoms with Crippen LogP contribution in [0.1, 0.15) is 6.42 Å². The molecule has 0 amide bonds. The summed E-state index contributed by atoms with van der Waals surface area (Å²) in [6.07, 6.45) is 3.07. The molecule has 0 aromatic rings. The first kappa shape index (κ1) is 8.11. The van der Waals surface area contributed by atoms with Gasteiger partial charge in [0, 0.05) is 6.42 Å². The topological polar surface area (TPSA) is 40.9 Å². The molecule has 49 valence electrons. The maximum atomic E-state index is 10.6. The predicted octanol–water partition coefficient (Wildman–Crippen LogP) is 0.969. The standard InChI is InChI=1S/C7H10NO/c1-3-5-7(9)6(8)4-2/h3-4,6,8H,1-2,5H2. The van der Waals surface area contributed by atoms with Gasteiger partial charge in [0.05, 0.1) is 6.04 Å². The summed E-state index contributed by atoms with van der Waals surface area (Å²) in [5.41, 5.74) is 7.01. The fourth-order valence-electron chi connectivity index (χ4n) is 0.401. The molecule has 0 heterocycles. The van der Waals surface area contributed by atoms with Crippen LogP contribution >= 0.6 is 0 Å². The van der Waals surface area contributed by atoms with Crippen LogP contribution in [0.2, 0.25) is 0 Å². The third kappa shape index (κ3) is 2.82. The summed E-state index contributed by atoms with van der Waals surface area (Å²) >= 11 is 0. The number of rotatable bonds is 4. The molecule has 1 unspecified atom stereocenters. The normalized spacial score (nSPS) is 12.1. The highest BCUT2D eigenvalue weighted by Gasteiger charge is 2.05. The SMILES string of the molecule is C=CCC(=O)C([NH])C=C. The van der Waals surface area contributed by atoms with E-state index in [1.54, 1.807) is 0 Å². The molecule has 9 heavy (non-hydrogen) atoms. The highest BCUT2D eigenvalue weighted by molar-refractivity contribution is 5.86. The van der Waals surface area contributed by atoms with Crippen molar-refractivity contribution in [3.63, 3.8) is 0 Å². The molecular weight excluding hydrogens is 114 g/mol. The van der Waals surface area contributed by atoms with Crippen molar-refractivity contribution in [1.82, 2.24) is 5.73 Å². The number of hydrogen-bond donors (Lipinski definition) is 0. The predicted molar refractivity (Wildman–Crippen MR) is 36.9 cm³/mol. The van der Waals surface area contributed by atoms with Crippen LogP contribution in [0, 0.1) is 0 Å². The monoisotopic (exact) mass is 124 g/mol. The molecular formula is C7H10NO. The summed E-state index contributed by atoms with van der Waals surface area (Å²) in [5.74, 6) is -0.153. The highest BCUT2D eigenvalue weighted by Crippen LogP contribution is 1.90. The van der Waals surface area contributed by atoms with Gasteiger partial charge in [0.15, 0.2) is 5.78 Å². The Bertz CT molecular complexity index is 129. The lowest BCUT2D eigenvalue weighted by Gasteiger charge is -1.98. The molecule has 1 N–H and O–H groups in total. The van der Waals surface area contributed by atoms with Crippen molar-refractivity contribution in [2.24, 2.45) is 0 Å². The van der Waals surface area contributed by atoms with E-state index >= 15 is 0 Å². The Morgan fingerprint density at radius 1 is 1.67 bits per heavy atom. The molecule has 1 atom stereocenters. The van der Waals surface area contributed by atoms with E-state index in [-0.39, 0.29) is 12.2 Å². The van der Waals surface area contributed by atoms with Gasteiger partial charge in [-0.1, -0.05) is 12.2 Å². The van der Waals surface area contributed by atoms with Crippen molar-refractivity contribution in [2.75, 3.05) is 0 Å². The number of ketones is 1. The smallest absolute Gasteiger partial charge is 0.158 e. The minimum Gasteiger partial charge on any atom is -0.297 e. The van der Waals surface area contributed by atoms with Gasteiger partial charge in [0.2, 0.25) is 0 Å². The van der Waals surface area contributed by atoms with E-state index in [4.69, 9.17) is 5.73 Å². The first-order valence-corrected chi connectivity index (χ1v) is 2.69. The van der Waals surface area contributed by atoms with Crippen LogP contribution in [0.25, 0.3) is 0 Å². The van der Waals surface area contributed by atoms with Crippen molar-refractivity contribution in [1.29, 1.82) is 0 Å². The van der Waals surface area contributed by atoms with E-state index < -0.39 is 6.04 Å². The average molecular weight is 124 g/mol. The Kier molecular flexibility index (Phi) is 3.64. The van der Waals surface area contributed by atoms with E-state index in [2.05, 4.69) is 13.2 Å². The second-order valence-corrected chi connectivity index (χ2v) is 1.67. The number of hydrogen-bond acceptors (Lipinski definition) is 1. The van der Waals surface area contributed by atoms with Crippen LogP contribution in [0.5, 0.6) is 0 Å². The van der Waals surface area contributed by atoms with Crippen LogP contribution in [-0.2, 0) is 4.79 Å². The van der Waals surface area contributed by atoms with Crippen molar-refractivity contribution in [3.8, 4) is 0 Å². The zero-order valence-corrected chi connectivity index (χ0v) is 5.26. The largest absolute Gasteiger partial charge is 0.297 e. The van der Waals surface area contributed by atoms with Crippen molar-refractivity contribution in [3.05, 3.63) is 25.3 Å². The Balaban J connectivity index is 3.71. The second-order valence-electron chi connectivity index (χ2n) is 1.67. The Labute approximate surface area is 55.1 Å². The molecule has 0 aliphatic rings. The minimum absolute atomic E-state index is 0.153. The highest BCUT2D eigenvalue weighted by atomic mass is 16.1. The summed E-state index contributed by atoms with van der Waals surface area (Å²) < 4.78 is 0. The van der Waals surface area contributed by atoms with Crippen LogP contribution < -0.4 is 5.73 Å². The van der Waals surface area contributed by atoms with E-state index in [0.29, 0.717) is 0 Å². The first-order chi connectivity index (χ1) is 4.22. The molecule has 0 saturated carbocycles. The fraction of sp³-hybridized carbons (Fsp3) is 0.286. The third-order valence-electron chi connectivity index (χ3n) is 0.928. The van der Waals surface area contributed by atoms with Crippen LogP contribution in [-0.4, -0.2) is 11.8 Å². The summed E-state index contributed by atoms with van der Waals surface area (Å²) in [6, 6.07) is -0.775. The number of allylic oxidation sites excluding steroid dienone is 1. The first-order valence-electron chi connectivity index (χ1n) is 2.69. The summed E-state index contributed by atoms with van der Waals surface area (Å²) in [7, 11) is 0. The van der Waals surface area contributed by atoms with E-state index in [1.807, 2.05) is 0 Å². The number of nitrogens with one attached hydrogen (secondary N) is 1. The molecule has 0 aliphatic carbocycles. The maximum absolute atomic E-state index is 10.6.